The fourth-order valence-corrected chi connectivity index (χ4v) is 1.72. The quantitative estimate of drug-likeness (QED) is 0.527. The summed E-state index contributed by atoms with van der Waals surface area (Å²) in [7, 11) is 0. The van der Waals surface area contributed by atoms with E-state index in [1.165, 1.54) is 0 Å². The number of ether oxygens (including phenoxy) is 1. The highest BCUT2D eigenvalue weighted by atomic mass is 16.5. The van der Waals surface area contributed by atoms with Gasteiger partial charge in [0.2, 0.25) is 0 Å². The molecule has 0 radical (unpaired) electrons. The Morgan fingerprint density at radius 1 is 1.60 bits per heavy atom. The van der Waals surface area contributed by atoms with Crippen LogP contribution in [0.15, 0.2) is 24.3 Å². The lowest BCUT2D eigenvalue weighted by Gasteiger charge is -2.37. The Labute approximate surface area is 61.4 Å². The second-order valence-electron chi connectivity index (χ2n) is 2.91. The summed E-state index contributed by atoms with van der Waals surface area (Å²) in [6.45, 7) is 2.87. The first-order valence-corrected chi connectivity index (χ1v) is 3.87. The first kappa shape index (κ1) is 6.17. The van der Waals surface area contributed by atoms with E-state index in [0.29, 0.717) is 5.92 Å². The van der Waals surface area contributed by atoms with Crippen molar-refractivity contribution in [1.82, 2.24) is 0 Å². The van der Waals surface area contributed by atoms with Gasteiger partial charge >= 0.3 is 0 Å². The van der Waals surface area contributed by atoms with Crippen molar-refractivity contribution in [3.8, 4) is 0 Å². The van der Waals surface area contributed by atoms with Crippen LogP contribution in [0.4, 0.5) is 0 Å². The highest BCUT2D eigenvalue weighted by Gasteiger charge is 2.42. The lowest BCUT2D eigenvalue weighted by molar-refractivity contribution is -0.0252. The van der Waals surface area contributed by atoms with E-state index in [4.69, 9.17) is 4.74 Å². The minimum Gasteiger partial charge on any atom is -0.370 e. The SMILES string of the molecule is CCOC12C=CC1C=CC2. The molecule has 0 N–H and O–H groups in total. The lowest BCUT2D eigenvalue weighted by atomic mass is 9.80. The summed E-state index contributed by atoms with van der Waals surface area (Å²) in [4.78, 5) is 0. The van der Waals surface area contributed by atoms with Gasteiger partial charge in [-0.25, -0.2) is 0 Å². The maximum Gasteiger partial charge on any atom is 0.0993 e. The maximum absolute atomic E-state index is 5.64. The van der Waals surface area contributed by atoms with Crippen LogP contribution in [0.5, 0.6) is 0 Å². The summed E-state index contributed by atoms with van der Waals surface area (Å²) in [5, 5.41) is 0. The Kier molecular flexibility index (Phi) is 1.21. The van der Waals surface area contributed by atoms with Crippen LogP contribution in [-0.2, 0) is 4.74 Å². The van der Waals surface area contributed by atoms with Gasteiger partial charge in [0.1, 0.15) is 0 Å². The third kappa shape index (κ3) is 0.613. The molecule has 0 aromatic carbocycles. The summed E-state index contributed by atoms with van der Waals surface area (Å²) in [6, 6.07) is 0. The molecule has 0 heterocycles. The zero-order chi connectivity index (χ0) is 7.03. The molecule has 0 amide bonds. The molecular weight excluding hydrogens is 124 g/mol. The predicted molar refractivity (Wildman–Crippen MR) is 40.7 cm³/mol. The maximum atomic E-state index is 5.64. The fraction of sp³-hybridized carbons (Fsp3) is 0.556. The fourth-order valence-electron chi connectivity index (χ4n) is 1.72. The van der Waals surface area contributed by atoms with Gasteiger partial charge in [0.25, 0.3) is 0 Å². The van der Waals surface area contributed by atoms with Crippen molar-refractivity contribution < 1.29 is 4.74 Å². The summed E-state index contributed by atoms with van der Waals surface area (Å²) in [5.41, 5.74) is 0.0920. The van der Waals surface area contributed by atoms with Crippen LogP contribution in [0.3, 0.4) is 0 Å². The van der Waals surface area contributed by atoms with Gasteiger partial charge in [-0.2, -0.15) is 0 Å². The third-order valence-corrected chi connectivity index (χ3v) is 2.34. The highest BCUT2D eigenvalue weighted by molar-refractivity contribution is 5.33. The molecule has 2 aliphatic rings. The molecule has 2 rings (SSSR count). The topological polar surface area (TPSA) is 9.23 Å². The zero-order valence-electron chi connectivity index (χ0n) is 6.21. The Morgan fingerprint density at radius 3 is 3.00 bits per heavy atom. The molecule has 2 unspecified atom stereocenters. The van der Waals surface area contributed by atoms with Gasteiger partial charge in [-0.15, -0.1) is 0 Å². The van der Waals surface area contributed by atoms with Gasteiger partial charge in [0.15, 0.2) is 0 Å². The van der Waals surface area contributed by atoms with Crippen LogP contribution >= 0.6 is 0 Å². The molecule has 1 heteroatoms. The van der Waals surface area contributed by atoms with Crippen molar-refractivity contribution in [3.63, 3.8) is 0 Å². The summed E-state index contributed by atoms with van der Waals surface area (Å²) in [6.07, 6.45) is 9.90. The van der Waals surface area contributed by atoms with E-state index in [-0.39, 0.29) is 5.60 Å². The van der Waals surface area contributed by atoms with E-state index in [1.54, 1.807) is 0 Å². The van der Waals surface area contributed by atoms with Gasteiger partial charge in [-0.3, -0.25) is 0 Å². The molecule has 0 aromatic rings. The van der Waals surface area contributed by atoms with E-state index >= 15 is 0 Å². The van der Waals surface area contributed by atoms with Crippen molar-refractivity contribution in [2.75, 3.05) is 6.61 Å². The van der Waals surface area contributed by atoms with E-state index < -0.39 is 0 Å². The standard InChI is InChI=1S/C9H12O/c1-2-10-9-6-3-4-8(9)5-7-9/h3-5,7-8H,2,6H2,1H3. The van der Waals surface area contributed by atoms with Crippen molar-refractivity contribution in [3.05, 3.63) is 24.3 Å². The first-order valence-electron chi connectivity index (χ1n) is 3.87. The van der Waals surface area contributed by atoms with Gasteiger partial charge in [-0.1, -0.05) is 24.3 Å². The van der Waals surface area contributed by atoms with Crippen LogP contribution in [0, 0.1) is 5.92 Å². The summed E-state index contributed by atoms with van der Waals surface area (Å²) < 4.78 is 5.64. The molecule has 54 valence electrons. The number of hydrogen-bond acceptors (Lipinski definition) is 1. The normalized spacial score (nSPS) is 41.5. The van der Waals surface area contributed by atoms with E-state index in [9.17, 15) is 0 Å². The van der Waals surface area contributed by atoms with Crippen LogP contribution in [0.2, 0.25) is 0 Å². The molecule has 10 heavy (non-hydrogen) atoms. The minimum atomic E-state index is 0.0920. The summed E-state index contributed by atoms with van der Waals surface area (Å²) >= 11 is 0. The molecule has 0 spiro atoms. The molecular formula is C9H12O. The largest absolute Gasteiger partial charge is 0.370 e. The molecule has 0 fully saturated rings. The van der Waals surface area contributed by atoms with E-state index in [2.05, 4.69) is 31.2 Å². The summed E-state index contributed by atoms with van der Waals surface area (Å²) in [5.74, 6) is 0.576. The second-order valence-corrected chi connectivity index (χ2v) is 2.91. The van der Waals surface area contributed by atoms with Crippen LogP contribution < -0.4 is 0 Å². The smallest absolute Gasteiger partial charge is 0.0993 e. The molecule has 2 aliphatic carbocycles. The van der Waals surface area contributed by atoms with Crippen molar-refractivity contribution >= 4 is 0 Å². The Morgan fingerprint density at radius 2 is 2.50 bits per heavy atom. The van der Waals surface area contributed by atoms with Gasteiger partial charge in [-0.05, 0) is 13.3 Å². The second kappa shape index (κ2) is 1.96. The van der Waals surface area contributed by atoms with Crippen LogP contribution in [0.25, 0.3) is 0 Å². The molecule has 0 aromatic heterocycles. The highest BCUT2D eigenvalue weighted by Crippen LogP contribution is 2.42. The number of fused-ring (bicyclic) bond motifs is 1. The minimum absolute atomic E-state index is 0.0920. The molecule has 2 atom stereocenters. The Bertz CT molecular complexity index is 193. The Balaban J connectivity index is 2.11. The van der Waals surface area contributed by atoms with E-state index in [1.807, 2.05) is 0 Å². The van der Waals surface area contributed by atoms with Crippen LogP contribution in [0.1, 0.15) is 13.3 Å². The molecule has 0 aliphatic heterocycles. The zero-order valence-corrected chi connectivity index (χ0v) is 6.21. The Hall–Kier alpha value is -0.560. The average molecular weight is 136 g/mol. The lowest BCUT2D eigenvalue weighted by Crippen LogP contribution is -2.40. The number of rotatable bonds is 2. The molecule has 1 nitrogen and oxygen atoms in total. The molecule has 0 saturated carbocycles. The first-order chi connectivity index (χ1) is 4.87. The van der Waals surface area contributed by atoms with Gasteiger partial charge < -0.3 is 4.74 Å². The van der Waals surface area contributed by atoms with Crippen molar-refractivity contribution in [2.45, 2.75) is 18.9 Å². The molecule has 0 saturated heterocycles. The van der Waals surface area contributed by atoms with Gasteiger partial charge in [0.05, 0.1) is 5.60 Å². The number of hydrogen-bond donors (Lipinski definition) is 0. The van der Waals surface area contributed by atoms with Gasteiger partial charge in [0, 0.05) is 12.5 Å². The van der Waals surface area contributed by atoms with Crippen LogP contribution in [-0.4, -0.2) is 12.2 Å². The average Bonchev–Trinajstić information content (AvgIpc) is 2.15. The third-order valence-electron chi connectivity index (χ3n) is 2.34. The van der Waals surface area contributed by atoms with E-state index in [0.717, 1.165) is 13.0 Å². The van der Waals surface area contributed by atoms with Crippen molar-refractivity contribution in [1.29, 1.82) is 0 Å². The predicted octanol–water partition coefficient (Wildman–Crippen LogP) is 1.91. The molecule has 0 bridgehead atoms. The van der Waals surface area contributed by atoms with Crippen molar-refractivity contribution in [2.24, 2.45) is 5.92 Å². The monoisotopic (exact) mass is 136 g/mol.